The van der Waals surface area contributed by atoms with E-state index in [1.54, 1.807) is 28.4 Å². The molecule has 29 heteroatoms. The van der Waals surface area contributed by atoms with Gasteiger partial charge >= 0.3 is 18.1 Å². The second-order valence-electron chi connectivity index (χ2n) is 48.6. The first-order chi connectivity index (χ1) is 66.8. The van der Waals surface area contributed by atoms with Gasteiger partial charge in [0.25, 0.3) is 0 Å². The van der Waals surface area contributed by atoms with Crippen molar-refractivity contribution in [2.75, 3.05) is 201 Å². The summed E-state index contributed by atoms with van der Waals surface area (Å²) in [6, 6.07) is 13.3. The van der Waals surface area contributed by atoms with Crippen molar-refractivity contribution in [1.29, 1.82) is 0 Å². The number of rotatable bonds is 43. The molecular formula is C112H169N3O26. The Balaban J connectivity index is 0.000000140. The van der Waals surface area contributed by atoms with Gasteiger partial charge in [-0.25, -0.2) is 14.4 Å². The van der Waals surface area contributed by atoms with E-state index in [0.29, 0.717) is 139 Å². The van der Waals surface area contributed by atoms with Crippen molar-refractivity contribution in [3.63, 3.8) is 0 Å². The van der Waals surface area contributed by atoms with Gasteiger partial charge in [-0.1, -0.05) is 87.9 Å². The molecule has 12 bridgehead atoms. The van der Waals surface area contributed by atoms with Crippen LogP contribution in [0.3, 0.4) is 0 Å². The number of piperidine rings is 3. The molecule has 6 heterocycles. The van der Waals surface area contributed by atoms with Gasteiger partial charge in [0.2, 0.25) is 0 Å². The lowest BCUT2D eigenvalue weighted by Crippen LogP contribution is -2.83. The van der Waals surface area contributed by atoms with Gasteiger partial charge in [-0.15, -0.1) is 0 Å². The third kappa shape index (κ3) is 17.1. The summed E-state index contributed by atoms with van der Waals surface area (Å²) in [5.74, 6) is 4.54. The van der Waals surface area contributed by atoms with E-state index in [9.17, 15) is 29.7 Å². The molecule has 0 radical (unpaired) electrons. The van der Waals surface area contributed by atoms with Crippen LogP contribution >= 0.6 is 0 Å². The van der Waals surface area contributed by atoms with Crippen LogP contribution in [0.5, 0.6) is 34.5 Å². The SMILES string of the molecule is C.COCCOCC(=O)Oc1ccc2c3c1O[C@H]1[C@@]4(OC)CC[C@@]5(C[C@@H]4[C@](C)(O)C(C)(C)C)[C@@H](C2)N(CC2CC2)CC[C@]315.COCCOCCOCCOCC(=O)Oc1ccc2c3c1O[C@H]1[C@@]4(OC)CC[C@@]5(C[C@@H]4[C@](C)(O)C(C)(C)C)[C@@H](C2)N(CC2CC2)CC[C@]315.COCCOCCOCCOCCOC(=O)Oc1ccc2c3c1O[C@H]1[C@@]4(OC)CC[C@@]5(C[C@@H]4[C@](C)(O)C(C)(C)C)[C@@H](C2)N(CC2CC2)CC[C@]315. The summed E-state index contributed by atoms with van der Waals surface area (Å²) in [7, 11) is 10.3. The Morgan fingerprint density at radius 2 is 0.624 bits per heavy atom. The predicted octanol–water partition coefficient (Wildman–Crippen LogP) is 14.1. The standard InChI is InChI=1S/C39H59NO10.C38H57NO9.C34H49NO7.CH4/c1-35(2,3)36(4,42)29-24-37-11-12-39(29,44-6)33-38(37)13-14-40(25-26-7-8-26)30(37)23-27-9-10-28(32(50-33)31(27)38)49-34(41)48-22-21-47-20-19-46-18-17-45-16-15-43-5;1-34(2,3)35(4,41)28-22-36-11-12-38(28,43-6)33-37(36)13-14-39(23-25-7-8-25)29(36)21-26-9-10-27(32(48-33)31(26)37)47-30(40)24-46-20-19-45-18-17-44-16-15-42-5;1-30(2,3)31(4,37)24-18-32-11-12-34(24,39-6)29-33(32)13-14-35(19-21-7-8-21)25(32)17-22-9-10-23(28(42-29)27(22)33)41-26(36)20-40-16-15-38-5;/h9-10,26,29-30,33,42H,7-8,11-25H2,1-6H3;9-10,25,28-29,33,41H,7-8,11-24H2,1-6H3;9-10,21,24-25,29,37H,7-8,11-20H2,1-6H3;1H4/t29-,30-,33-,36+,37-,38+,39-;28-,29-,33-,35+,36-,37+,38-;24-,25-,29-,31+,32-,33+,34-;/m111./s1. The van der Waals surface area contributed by atoms with E-state index in [1.165, 1.54) is 78.5 Å². The van der Waals surface area contributed by atoms with Gasteiger partial charge in [-0.2, -0.15) is 0 Å². The zero-order chi connectivity index (χ0) is 99.0. The second-order valence-corrected chi connectivity index (χ2v) is 48.6. The summed E-state index contributed by atoms with van der Waals surface area (Å²) in [6.07, 6.45) is 20.5. The number of aliphatic hydroxyl groups is 3. The van der Waals surface area contributed by atoms with Crippen LogP contribution in [0.25, 0.3) is 0 Å². The Hall–Kier alpha value is -5.49. The molecule has 788 valence electrons. The number of likely N-dealkylation sites (tertiary alicyclic amines) is 3. The van der Waals surface area contributed by atoms with E-state index in [4.69, 9.17) is 94.7 Å². The Labute approximate surface area is 837 Å². The fourth-order valence-electron chi connectivity index (χ4n) is 31.3. The van der Waals surface area contributed by atoms with Crippen molar-refractivity contribution in [2.45, 2.75) is 312 Å². The molecule has 0 aromatic heterocycles. The maximum Gasteiger partial charge on any atom is 0.514 e. The van der Waals surface area contributed by atoms with Crippen LogP contribution in [-0.2, 0) is 111 Å². The highest BCUT2D eigenvalue weighted by molar-refractivity contribution is 5.78. The van der Waals surface area contributed by atoms with E-state index in [-0.39, 0.29) is 125 Å². The van der Waals surface area contributed by atoms with E-state index in [0.717, 1.165) is 147 Å². The topological polar surface area (TPSA) is 306 Å². The fourth-order valence-corrected chi connectivity index (χ4v) is 31.3. The zero-order valence-electron chi connectivity index (χ0n) is 87.3. The average Bonchev–Trinajstić information content (AvgIpc) is 1.57. The molecule has 29 nitrogen and oxygen atoms in total. The summed E-state index contributed by atoms with van der Waals surface area (Å²) in [5, 5.41) is 37.3. The second kappa shape index (κ2) is 39.8. The van der Waals surface area contributed by atoms with E-state index >= 15 is 0 Å². The molecule has 12 saturated carbocycles. The third-order valence-corrected chi connectivity index (χ3v) is 39.8. The molecule has 3 aromatic carbocycles. The van der Waals surface area contributed by atoms with Gasteiger partial charge in [0.05, 0.1) is 116 Å². The summed E-state index contributed by atoms with van der Waals surface area (Å²) < 4.78 is 118. The lowest BCUT2D eigenvalue weighted by Gasteiger charge is -2.75. The minimum atomic E-state index is -0.998. The number of esters is 2. The highest BCUT2D eigenvalue weighted by atomic mass is 16.7. The molecule has 15 aliphatic carbocycles. The molecule has 3 saturated heterocycles. The number of nitrogens with zero attached hydrogens (tertiary/aromatic N) is 3. The fraction of sp³-hybridized carbons (Fsp3) is 0.812. The molecule has 21 aliphatic rings. The zero-order valence-corrected chi connectivity index (χ0v) is 87.3. The van der Waals surface area contributed by atoms with Gasteiger partial charge in [0.15, 0.2) is 34.5 Å². The van der Waals surface area contributed by atoms with E-state index in [2.05, 4.69) is 95.2 Å². The quantitative estimate of drug-likeness (QED) is 0.0205. The van der Waals surface area contributed by atoms with Crippen molar-refractivity contribution in [3.8, 4) is 34.5 Å². The van der Waals surface area contributed by atoms with Gasteiger partial charge in [-0.05, 0) is 244 Å². The molecule has 24 rings (SSSR count). The number of hydrogen-bond donors (Lipinski definition) is 3. The minimum Gasteiger partial charge on any atom is -0.482 e. The minimum absolute atomic E-state index is 0. The molecule has 0 unspecified atom stereocenters. The van der Waals surface area contributed by atoms with Crippen molar-refractivity contribution in [2.24, 2.45) is 68.0 Å². The summed E-state index contributed by atoms with van der Waals surface area (Å²) in [4.78, 5) is 47.4. The van der Waals surface area contributed by atoms with Gasteiger partial charge in [0.1, 0.15) is 54.9 Å². The number of hydrogen-bond acceptors (Lipinski definition) is 29. The van der Waals surface area contributed by atoms with Crippen LogP contribution in [0, 0.1) is 68.0 Å². The van der Waals surface area contributed by atoms with Gasteiger partial charge in [0, 0.05) is 147 Å². The molecule has 15 fully saturated rings. The lowest BCUT2D eigenvalue weighted by molar-refractivity contribution is -0.312. The monoisotopic (exact) mass is 1970 g/mol. The summed E-state index contributed by atoms with van der Waals surface area (Å²) in [5.41, 5.74) is 0.574. The highest BCUT2D eigenvalue weighted by Gasteiger charge is 2.87. The van der Waals surface area contributed by atoms with Crippen molar-refractivity contribution >= 4 is 18.1 Å². The number of benzene rings is 3. The van der Waals surface area contributed by atoms with Crippen molar-refractivity contribution < 1.29 is 124 Å². The molecule has 3 N–H and O–H groups in total. The lowest BCUT2D eigenvalue weighted by atomic mass is 9.33. The highest BCUT2D eigenvalue weighted by Crippen LogP contribution is 2.83. The Morgan fingerprint density at radius 1 is 0.355 bits per heavy atom. The Bertz CT molecular complexity index is 4960. The first kappa shape index (κ1) is 105. The van der Waals surface area contributed by atoms with Crippen molar-refractivity contribution in [1.82, 2.24) is 14.7 Å². The molecule has 0 amide bonds. The van der Waals surface area contributed by atoms with Gasteiger partial charge in [-0.3, -0.25) is 14.7 Å². The van der Waals surface area contributed by atoms with Crippen LogP contribution in [0.2, 0.25) is 0 Å². The molecule has 6 aliphatic heterocycles. The first-order valence-corrected chi connectivity index (χ1v) is 53.2. The first-order valence-electron chi connectivity index (χ1n) is 53.2. The predicted molar refractivity (Wildman–Crippen MR) is 527 cm³/mol. The van der Waals surface area contributed by atoms with Crippen molar-refractivity contribution in [3.05, 3.63) is 69.8 Å². The van der Waals surface area contributed by atoms with Crippen LogP contribution in [0.15, 0.2) is 36.4 Å². The third-order valence-electron chi connectivity index (χ3n) is 39.8. The van der Waals surface area contributed by atoms with Crippen LogP contribution in [-0.4, -0.2) is 319 Å². The molecule has 3 aromatic rings. The van der Waals surface area contributed by atoms with Crippen LogP contribution in [0.1, 0.15) is 239 Å². The number of carbonyl (C=O) groups excluding carboxylic acids is 3. The summed E-state index contributed by atoms with van der Waals surface area (Å²) >= 11 is 0. The Morgan fingerprint density at radius 3 is 0.901 bits per heavy atom. The van der Waals surface area contributed by atoms with Crippen LogP contribution < -0.4 is 28.4 Å². The molecule has 6 spiro atoms. The maximum absolute atomic E-state index is 13.1. The number of fused-ring (bicyclic) bond motifs is 6. The Kier molecular flexibility index (Phi) is 29.7. The number of ether oxygens (including phenoxy) is 20. The van der Waals surface area contributed by atoms with E-state index in [1.807, 2.05) is 53.2 Å². The number of carbonyl (C=O) groups is 3. The molecular weight excluding hydrogens is 1800 g/mol. The normalized spacial score (nSPS) is 34.8. The van der Waals surface area contributed by atoms with E-state index < -0.39 is 51.7 Å². The summed E-state index contributed by atoms with van der Waals surface area (Å²) in [6.45, 7) is 38.1. The largest absolute Gasteiger partial charge is 0.514 e. The smallest absolute Gasteiger partial charge is 0.482 e. The number of methoxy groups -OCH3 is 6. The van der Waals surface area contributed by atoms with Gasteiger partial charge < -0.3 is 110 Å². The average molecular weight is 1970 g/mol. The molecule has 141 heavy (non-hydrogen) atoms. The van der Waals surface area contributed by atoms with Crippen LogP contribution in [0.4, 0.5) is 4.79 Å². The maximum atomic E-state index is 13.1. The molecule has 21 atom stereocenters.